The third kappa shape index (κ3) is 2.91. The smallest absolute Gasteiger partial charge is 0.189 e. The zero-order valence-electron chi connectivity index (χ0n) is 8.35. The molecule has 1 unspecified atom stereocenters. The Hall–Kier alpha value is -0.410. The van der Waals surface area contributed by atoms with E-state index in [0.717, 1.165) is 0 Å². The molecule has 0 aliphatic rings. The summed E-state index contributed by atoms with van der Waals surface area (Å²) >= 11 is 0. The average molecular weight is 174 g/mol. The first-order chi connectivity index (χ1) is 5.60. The second-order valence-corrected chi connectivity index (χ2v) is 2.85. The molecule has 0 N–H and O–H groups in total. The molecule has 1 atom stereocenters. The van der Waals surface area contributed by atoms with Crippen LogP contribution in [0, 0.1) is 0 Å². The molecular weight excluding hydrogens is 156 g/mol. The van der Waals surface area contributed by atoms with Gasteiger partial charge in [0, 0.05) is 13.7 Å². The minimum Gasteiger partial charge on any atom is -0.374 e. The summed E-state index contributed by atoms with van der Waals surface area (Å²) in [6, 6.07) is 0. The van der Waals surface area contributed by atoms with Crippen LogP contribution in [0.1, 0.15) is 27.2 Å². The molecule has 0 fully saturated rings. The van der Waals surface area contributed by atoms with E-state index in [1.165, 1.54) is 0 Å². The van der Waals surface area contributed by atoms with Gasteiger partial charge in [-0.2, -0.15) is 0 Å². The van der Waals surface area contributed by atoms with Crippen molar-refractivity contribution in [3.8, 4) is 0 Å². The maximum atomic E-state index is 11.4. The molecule has 0 aromatic heterocycles. The lowest BCUT2D eigenvalue weighted by atomic mass is 9.98. The highest BCUT2D eigenvalue weighted by atomic mass is 16.5. The van der Waals surface area contributed by atoms with Gasteiger partial charge in [-0.1, -0.05) is 6.92 Å². The van der Waals surface area contributed by atoms with Crippen molar-refractivity contribution in [1.29, 1.82) is 0 Å². The Labute approximate surface area is 74.0 Å². The van der Waals surface area contributed by atoms with Gasteiger partial charge in [0.2, 0.25) is 0 Å². The lowest BCUT2D eigenvalue weighted by Crippen LogP contribution is -2.39. The molecule has 72 valence electrons. The molecule has 0 aromatic carbocycles. The van der Waals surface area contributed by atoms with E-state index in [1.54, 1.807) is 14.0 Å². The monoisotopic (exact) mass is 174 g/mol. The number of methoxy groups -OCH3 is 1. The zero-order chi connectivity index (χ0) is 9.61. The number of carbonyl (C=O) groups excluding carboxylic acids is 1. The topological polar surface area (TPSA) is 35.5 Å². The predicted octanol–water partition coefficient (Wildman–Crippen LogP) is 1.41. The van der Waals surface area contributed by atoms with Crippen molar-refractivity contribution in [3.05, 3.63) is 0 Å². The molecule has 0 bridgehead atoms. The Balaban J connectivity index is 4.03. The van der Waals surface area contributed by atoms with Gasteiger partial charge in [-0.25, -0.2) is 0 Å². The molecule has 0 aromatic rings. The van der Waals surface area contributed by atoms with Gasteiger partial charge in [-0.15, -0.1) is 0 Å². The number of hydrogen-bond acceptors (Lipinski definition) is 3. The van der Waals surface area contributed by atoms with Gasteiger partial charge < -0.3 is 9.47 Å². The SMILES string of the molecule is CCOCC(=O)C(C)(CC)OC. The second-order valence-electron chi connectivity index (χ2n) is 2.85. The van der Waals surface area contributed by atoms with Crippen molar-refractivity contribution in [2.75, 3.05) is 20.3 Å². The van der Waals surface area contributed by atoms with Crippen molar-refractivity contribution in [3.63, 3.8) is 0 Å². The molecule has 12 heavy (non-hydrogen) atoms. The first kappa shape index (κ1) is 11.6. The van der Waals surface area contributed by atoms with Crippen LogP contribution >= 0.6 is 0 Å². The van der Waals surface area contributed by atoms with Crippen molar-refractivity contribution in [2.45, 2.75) is 32.8 Å². The van der Waals surface area contributed by atoms with E-state index < -0.39 is 5.60 Å². The van der Waals surface area contributed by atoms with Crippen LogP contribution in [0.5, 0.6) is 0 Å². The zero-order valence-corrected chi connectivity index (χ0v) is 8.35. The molecule has 3 heteroatoms. The lowest BCUT2D eigenvalue weighted by Gasteiger charge is -2.24. The Morgan fingerprint density at radius 3 is 2.33 bits per heavy atom. The number of hydrogen-bond donors (Lipinski definition) is 0. The molecule has 3 nitrogen and oxygen atoms in total. The van der Waals surface area contributed by atoms with E-state index in [0.29, 0.717) is 13.0 Å². The number of Topliss-reactive ketones (excluding diaryl/α,β-unsaturated/α-hetero) is 1. The van der Waals surface area contributed by atoms with Gasteiger partial charge in [-0.3, -0.25) is 4.79 Å². The van der Waals surface area contributed by atoms with Crippen molar-refractivity contribution in [1.82, 2.24) is 0 Å². The standard InChI is InChI=1S/C9H18O3/c1-5-9(3,11-4)8(10)7-12-6-2/h5-7H2,1-4H3. The molecule has 0 heterocycles. The van der Waals surface area contributed by atoms with Gasteiger partial charge >= 0.3 is 0 Å². The molecule has 0 rings (SSSR count). The minimum absolute atomic E-state index is 0.00866. The number of ether oxygens (including phenoxy) is 2. The molecule has 0 saturated carbocycles. The first-order valence-electron chi connectivity index (χ1n) is 4.27. The summed E-state index contributed by atoms with van der Waals surface area (Å²) in [6.45, 7) is 6.29. The summed E-state index contributed by atoms with van der Waals surface area (Å²) in [5.41, 5.74) is -0.671. The fourth-order valence-electron chi connectivity index (χ4n) is 0.803. The highest BCUT2D eigenvalue weighted by Crippen LogP contribution is 2.15. The Bertz CT molecular complexity index is 139. The van der Waals surface area contributed by atoms with Crippen LogP contribution in [0.2, 0.25) is 0 Å². The van der Waals surface area contributed by atoms with Gasteiger partial charge in [0.25, 0.3) is 0 Å². The number of ketones is 1. The van der Waals surface area contributed by atoms with Crippen LogP contribution in [0.3, 0.4) is 0 Å². The third-order valence-corrected chi connectivity index (χ3v) is 2.15. The summed E-state index contributed by atoms with van der Waals surface area (Å²) in [6.07, 6.45) is 0.676. The van der Waals surface area contributed by atoms with Crippen LogP contribution in [-0.2, 0) is 14.3 Å². The highest BCUT2D eigenvalue weighted by molar-refractivity contribution is 5.87. The summed E-state index contributed by atoms with van der Waals surface area (Å²) in [5, 5.41) is 0. The van der Waals surface area contributed by atoms with Gasteiger partial charge in [0.1, 0.15) is 12.2 Å². The van der Waals surface area contributed by atoms with E-state index in [2.05, 4.69) is 0 Å². The summed E-state index contributed by atoms with van der Waals surface area (Å²) in [7, 11) is 1.55. The lowest BCUT2D eigenvalue weighted by molar-refractivity contribution is -0.144. The molecule has 0 aliphatic heterocycles. The average Bonchev–Trinajstić information content (AvgIpc) is 2.12. The van der Waals surface area contributed by atoms with E-state index >= 15 is 0 Å². The fraction of sp³-hybridized carbons (Fsp3) is 0.889. The summed E-state index contributed by atoms with van der Waals surface area (Å²) in [5.74, 6) is 0.00866. The number of carbonyl (C=O) groups is 1. The van der Waals surface area contributed by atoms with Crippen LogP contribution in [0.4, 0.5) is 0 Å². The maximum Gasteiger partial charge on any atom is 0.189 e. The van der Waals surface area contributed by atoms with Gasteiger partial charge in [0.05, 0.1) is 0 Å². The second kappa shape index (κ2) is 5.27. The number of rotatable bonds is 6. The Morgan fingerprint density at radius 1 is 1.42 bits per heavy atom. The van der Waals surface area contributed by atoms with Crippen molar-refractivity contribution in [2.24, 2.45) is 0 Å². The normalized spacial score (nSPS) is 15.7. The molecule has 0 aliphatic carbocycles. The highest BCUT2D eigenvalue weighted by Gasteiger charge is 2.30. The van der Waals surface area contributed by atoms with Gasteiger partial charge in [0.15, 0.2) is 5.78 Å². The largest absolute Gasteiger partial charge is 0.374 e. The van der Waals surface area contributed by atoms with Crippen LogP contribution in [0.25, 0.3) is 0 Å². The van der Waals surface area contributed by atoms with Crippen LogP contribution in [0.15, 0.2) is 0 Å². The van der Waals surface area contributed by atoms with E-state index in [9.17, 15) is 4.79 Å². The van der Waals surface area contributed by atoms with Gasteiger partial charge in [-0.05, 0) is 20.3 Å². The molecule has 0 amide bonds. The predicted molar refractivity (Wildman–Crippen MR) is 47.2 cm³/mol. The van der Waals surface area contributed by atoms with E-state index in [-0.39, 0.29) is 12.4 Å². The molecule has 0 spiro atoms. The summed E-state index contributed by atoms with van der Waals surface area (Å²) < 4.78 is 10.1. The van der Waals surface area contributed by atoms with E-state index in [1.807, 2.05) is 13.8 Å². The van der Waals surface area contributed by atoms with Crippen LogP contribution < -0.4 is 0 Å². The van der Waals surface area contributed by atoms with E-state index in [4.69, 9.17) is 9.47 Å². The first-order valence-corrected chi connectivity index (χ1v) is 4.27. The molecular formula is C9H18O3. The van der Waals surface area contributed by atoms with Crippen molar-refractivity contribution < 1.29 is 14.3 Å². The van der Waals surface area contributed by atoms with Crippen molar-refractivity contribution >= 4 is 5.78 Å². The molecule has 0 saturated heterocycles. The summed E-state index contributed by atoms with van der Waals surface area (Å²) in [4.78, 5) is 11.4. The fourth-order valence-corrected chi connectivity index (χ4v) is 0.803. The minimum atomic E-state index is -0.671. The quantitative estimate of drug-likeness (QED) is 0.610. The molecule has 0 radical (unpaired) electrons. The Kier molecular flexibility index (Phi) is 5.09. The maximum absolute atomic E-state index is 11.4. The third-order valence-electron chi connectivity index (χ3n) is 2.15. The van der Waals surface area contributed by atoms with Crippen LogP contribution in [-0.4, -0.2) is 31.7 Å². The Morgan fingerprint density at radius 2 is 2.00 bits per heavy atom.